The first-order valence-electron chi connectivity index (χ1n) is 6.68. The van der Waals surface area contributed by atoms with Crippen LogP contribution in [-0.4, -0.2) is 19.5 Å². The van der Waals surface area contributed by atoms with Crippen LogP contribution in [0.15, 0.2) is 59.8 Å². The van der Waals surface area contributed by atoms with Crippen LogP contribution >= 0.6 is 0 Å². The van der Waals surface area contributed by atoms with Crippen LogP contribution < -0.4 is 16.5 Å². The number of anilines is 2. The number of nitrogens with zero attached hydrogens (tertiary/aromatic N) is 4. The van der Waals surface area contributed by atoms with E-state index < -0.39 is 5.69 Å². The minimum absolute atomic E-state index is 0.192. The highest BCUT2D eigenvalue weighted by Gasteiger charge is 2.04. The zero-order valence-electron chi connectivity index (χ0n) is 11.9. The predicted molar refractivity (Wildman–Crippen MR) is 83.8 cm³/mol. The first-order valence-corrected chi connectivity index (χ1v) is 6.68. The monoisotopic (exact) mass is 294 g/mol. The Balaban J connectivity index is 1.77. The third-order valence-corrected chi connectivity index (χ3v) is 2.94. The van der Waals surface area contributed by atoms with Gasteiger partial charge in [0.1, 0.15) is 12.1 Å². The number of nitrogens with one attached hydrogen (secondary N) is 2. The maximum atomic E-state index is 12.0. The zero-order valence-corrected chi connectivity index (χ0v) is 11.9. The number of aryl methyl sites for hydroxylation is 1. The molecule has 0 spiro atoms. The summed E-state index contributed by atoms with van der Waals surface area (Å²) in [5.41, 5.74) is 7.10. The Kier molecular flexibility index (Phi) is 3.78. The highest BCUT2D eigenvalue weighted by Crippen LogP contribution is 2.05. The van der Waals surface area contributed by atoms with E-state index in [9.17, 15) is 4.79 Å². The number of hydrogen-bond acceptors (Lipinski definition) is 6. The van der Waals surface area contributed by atoms with E-state index in [2.05, 4.69) is 25.8 Å². The van der Waals surface area contributed by atoms with Crippen LogP contribution in [0.2, 0.25) is 0 Å². The number of hydrogen-bond donors (Lipinski definition) is 2. The molecule has 0 aliphatic rings. The minimum atomic E-state index is -0.455. The maximum absolute atomic E-state index is 12.0. The largest absolute Gasteiger partial charge is 0.357 e. The van der Waals surface area contributed by atoms with Crippen molar-refractivity contribution in [2.45, 2.75) is 6.92 Å². The van der Waals surface area contributed by atoms with Gasteiger partial charge in [0.2, 0.25) is 5.95 Å². The molecule has 0 fully saturated rings. The molecule has 0 bridgehead atoms. The van der Waals surface area contributed by atoms with Gasteiger partial charge in [0.15, 0.2) is 0 Å². The van der Waals surface area contributed by atoms with Crippen molar-refractivity contribution in [2.24, 2.45) is 0 Å². The van der Waals surface area contributed by atoms with E-state index in [1.165, 1.54) is 10.9 Å². The molecule has 3 aromatic rings. The molecule has 0 saturated carbocycles. The fourth-order valence-corrected chi connectivity index (χ4v) is 1.80. The minimum Gasteiger partial charge on any atom is -0.298 e. The van der Waals surface area contributed by atoms with E-state index in [4.69, 9.17) is 0 Å². The molecule has 2 heterocycles. The van der Waals surface area contributed by atoms with Gasteiger partial charge in [-0.2, -0.15) is 4.98 Å². The molecule has 2 N–H and O–H groups in total. The quantitative estimate of drug-likeness (QED) is 0.713. The van der Waals surface area contributed by atoms with Gasteiger partial charge in [-0.25, -0.2) is 19.3 Å². The normalized spacial score (nSPS) is 10.2. The van der Waals surface area contributed by atoms with Crippen molar-refractivity contribution in [3.8, 4) is 5.82 Å². The number of pyridine rings is 1. The molecule has 22 heavy (non-hydrogen) atoms. The van der Waals surface area contributed by atoms with Gasteiger partial charge in [0.25, 0.3) is 0 Å². The van der Waals surface area contributed by atoms with Crippen molar-refractivity contribution in [2.75, 3.05) is 10.9 Å². The molecule has 0 radical (unpaired) electrons. The van der Waals surface area contributed by atoms with Gasteiger partial charge in [-0.05, 0) is 30.7 Å². The molecule has 0 atom stereocenters. The summed E-state index contributed by atoms with van der Waals surface area (Å²) in [6, 6.07) is 13.1. The first-order chi connectivity index (χ1) is 10.7. The Labute approximate surface area is 126 Å². The van der Waals surface area contributed by atoms with Crippen LogP contribution in [0.5, 0.6) is 0 Å². The van der Waals surface area contributed by atoms with Gasteiger partial charge < -0.3 is 0 Å². The SMILES string of the molecule is Cc1ccc(-n2cnc(NNc3ccccc3)nc2=O)nc1. The number of hydrazine groups is 1. The summed E-state index contributed by atoms with van der Waals surface area (Å²) >= 11 is 0. The van der Waals surface area contributed by atoms with Gasteiger partial charge in [0.05, 0.1) is 5.69 Å². The van der Waals surface area contributed by atoms with Crippen molar-refractivity contribution in [3.05, 3.63) is 71.0 Å². The molecule has 110 valence electrons. The molecule has 7 nitrogen and oxygen atoms in total. The summed E-state index contributed by atoms with van der Waals surface area (Å²) in [5.74, 6) is 0.676. The Morgan fingerprint density at radius 3 is 2.50 bits per heavy atom. The zero-order chi connectivity index (χ0) is 15.4. The van der Waals surface area contributed by atoms with Crippen LogP contribution in [0.1, 0.15) is 5.56 Å². The second kappa shape index (κ2) is 6.04. The smallest absolute Gasteiger partial charge is 0.298 e. The number of para-hydroxylation sites is 1. The molecular weight excluding hydrogens is 280 g/mol. The van der Waals surface area contributed by atoms with Crippen molar-refractivity contribution >= 4 is 11.6 Å². The van der Waals surface area contributed by atoms with E-state index in [0.717, 1.165) is 11.3 Å². The summed E-state index contributed by atoms with van der Waals surface area (Å²) in [7, 11) is 0. The highest BCUT2D eigenvalue weighted by molar-refractivity contribution is 5.46. The Morgan fingerprint density at radius 2 is 1.82 bits per heavy atom. The fourth-order valence-electron chi connectivity index (χ4n) is 1.80. The van der Waals surface area contributed by atoms with Gasteiger partial charge in [-0.3, -0.25) is 10.9 Å². The lowest BCUT2D eigenvalue weighted by Crippen LogP contribution is -2.25. The maximum Gasteiger partial charge on any atom is 0.357 e. The Morgan fingerprint density at radius 1 is 1.00 bits per heavy atom. The third kappa shape index (κ3) is 3.09. The number of aromatic nitrogens is 4. The van der Waals surface area contributed by atoms with Crippen LogP contribution in [-0.2, 0) is 0 Å². The summed E-state index contributed by atoms with van der Waals surface area (Å²) in [5, 5.41) is 0. The fraction of sp³-hybridized carbons (Fsp3) is 0.0667. The van der Waals surface area contributed by atoms with Gasteiger partial charge in [0, 0.05) is 6.20 Å². The van der Waals surface area contributed by atoms with E-state index in [1.807, 2.05) is 43.3 Å². The molecule has 3 rings (SSSR count). The first kappa shape index (κ1) is 13.7. The van der Waals surface area contributed by atoms with Crippen LogP contribution in [0.3, 0.4) is 0 Å². The molecule has 0 saturated heterocycles. The van der Waals surface area contributed by atoms with Crippen molar-refractivity contribution in [1.82, 2.24) is 19.5 Å². The van der Waals surface area contributed by atoms with E-state index >= 15 is 0 Å². The summed E-state index contributed by atoms with van der Waals surface area (Å²) in [4.78, 5) is 24.2. The molecule has 0 unspecified atom stereocenters. The predicted octanol–water partition coefficient (Wildman–Crippen LogP) is 1.77. The molecular formula is C15H14N6O. The second-order valence-corrected chi connectivity index (χ2v) is 4.64. The third-order valence-electron chi connectivity index (χ3n) is 2.94. The average molecular weight is 294 g/mol. The van der Waals surface area contributed by atoms with E-state index in [-0.39, 0.29) is 5.95 Å². The highest BCUT2D eigenvalue weighted by atomic mass is 16.1. The molecule has 7 heteroatoms. The Hall–Kier alpha value is -3.22. The van der Waals surface area contributed by atoms with Crippen molar-refractivity contribution in [3.63, 3.8) is 0 Å². The standard InChI is InChI=1S/C15H14N6O/c1-11-7-8-13(16-9-11)21-10-17-14(18-15(21)22)20-19-12-5-3-2-4-6-12/h2-10,19H,1H3,(H,18,20,22). The van der Waals surface area contributed by atoms with E-state index in [0.29, 0.717) is 5.82 Å². The molecule has 2 aromatic heterocycles. The topological polar surface area (TPSA) is 84.7 Å². The van der Waals surface area contributed by atoms with Gasteiger partial charge in [-0.15, -0.1) is 0 Å². The van der Waals surface area contributed by atoms with Crippen molar-refractivity contribution < 1.29 is 0 Å². The lowest BCUT2D eigenvalue weighted by molar-refractivity contribution is 0.836. The summed E-state index contributed by atoms with van der Waals surface area (Å²) < 4.78 is 1.28. The molecule has 0 aliphatic heterocycles. The lowest BCUT2D eigenvalue weighted by Gasteiger charge is -2.08. The van der Waals surface area contributed by atoms with Crippen molar-refractivity contribution in [1.29, 1.82) is 0 Å². The van der Waals surface area contributed by atoms with Gasteiger partial charge in [-0.1, -0.05) is 24.3 Å². The average Bonchev–Trinajstić information content (AvgIpc) is 2.55. The summed E-state index contributed by atoms with van der Waals surface area (Å²) in [6.07, 6.45) is 3.08. The van der Waals surface area contributed by atoms with Crippen LogP contribution in [0, 0.1) is 6.92 Å². The molecule has 0 amide bonds. The molecule has 0 aliphatic carbocycles. The Bertz CT molecular complexity index is 813. The van der Waals surface area contributed by atoms with Crippen LogP contribution in [0.25, 0.3) is 5.82 Å². The number of benzene rings is 1. The number of rotatable bonds is 4. The lowest BCUT2D eigenvalue weighted by atomic mass is 10.3. The van der Waals surface area contributed by atoms with Crippen LogP contribution in [0.4, 0.5) is 11.6 Å². The second-order valence-electron chi connectivity index (χ2n) is 4.64. The van der Waals surface area contributed by atoms with Gasteiger partial charge >= 0.3 is 5.69 Å². The summed E-state index contributed by atoms with van der Waals surface area (Å²) in [6.45, 7) is 1.93. The molecule has 1 aromatic carbocycles. The van der Waals surface area contributed by atoms with E-state index in [1.54, 1.807) is 12.3 Å².